The fourth-order valence-corrected chi connectivity index (χ4v) is 2.09. The second kappa shape index (κ2) is 5.78. The Bertz CT molecular complexity index is 725. The molecule has 3 rings (SSSR count). The monoisotopic (exact) mass is 283 g/mol. The first-order valence-corrected chi connectivity index (χ1v) is 6.94. The fraction of sp³-hybridized carbons (Fsp3) is 0.267. The van der Waals surface area contributed by atoms with Crippen LogP contribution >= 0.6 is 0 Å². The van der Waals surface area contributed by atoms with E-state index < -0.39 is 0 Å². The molecule has 0 aliphatic carbocycles. The van der Waals surface area contributed by atoms with Crippen LogP contribution in [0, 0.1) is 0 Å². The smallest absolute Gasteiger partial charge is 0.230 e. The Balaban J connectivity index is 1.93. The van der Waals surface area contributed by atoms with E-state index in [4.69, 9.17) is 4.74 Å². The van der Waals surface area contributed by atoms with E-state index in [-0.39, 0.29) is 6.10 Å². The molecule has 2 heterocycles. The summed E-state index contributed by atoms with van der Waals surface area (Å²) in [7, 11) is 0. The largest absolute Gasteiger partial charge is 0.469 e. The van der Waals surface area contributed by atoms with Crippen LogP contribution in [0.3, 0.4) is 0 Å². The number of rotatable bonds is 5. The number of ether oxygens (including phenoxy) is 1. The SMILES string of the molecule is CCNc1nc(OC(C)c2ccccc2)c2cn[nH]c2n1. The number of aromatic amines is 1. The zero-order valence-electron chi connectivity index (χ0n) is 12.0. The highest BCUT2D eigenvalue weighted by Gasteiger charge is 2.14. The van der Waals surface area contributed by atoms with E-state index >= 15 is 0 Å². The summed E-state index contributed by atoms with van der Waals surface area (Å²) in [5, 5.41) is 10.7. The molecule has 0 aliphatic heterocycles. The molecule has 0 aliphatic rings. The highest BCUT2D eigenvalue weighted by Crippen LogP contribution is 2.27. The number of fused-ring (bicyclic) bond motifs is 1. The summed E-state index contributed by atoms with van der Waals surface area (Å²) in [6, 6.07) is 10.0. The van der Waals surface area contributed by atoms with Gasteiger partial charge in [0.1, 0.15) is 11.5 Å². The lowest BCUT2D eigenvalue weighted by molar-refractivity contribution is 0.221. The fourth-order valence-electron chi connectivity index (χ4n) is 2.09. The first-order valence-electron chi connectivity index (χ1n) is 6.94. The summed E-state index contributed by atoms with van der Waals surface area (Å²) >= 11 is 0. The Hall–Kier alpha value is -2.63. The van der Waals surface area contributed by atoms with Crippen LogP contribution in [0.5, 0.6) is 5.88 Å². The van der Waals surface area contributed by atoms with E-state index in [9.17, 15) is 0 Å². The Morgan fingerprint density at radius 2 is 2.05 bits per heavy atom. The van der Waals surface area contributed by atoms with E-state index in [0.29, 0.717) is 17.5 Å². The van der Waals surface area contributed by atoms with Crippen molar-refractivity contribution >= 4 is 17.0 Å². The minimum Gasteiger partial charge on any atom is -0.469 e. The van der Waals surface area contributed by atoms with Gasteiger partial charge in [0.2, 0.25) is 11.8 Å². The maximum absolute atomic E-state index is 6.01. The van der Waals surface area contributed by atoms with Crippen molar-refractivity contribution in [3.8, 4) is 5.88 Å². The maximum atomic E-state index is 6.01. The molecule has 1 atom stereocenters. The summed E-state index contributed by atoms with van der Waals surface area (Å²) in [6.45, 7) is 4.73. The summed E-state index contributed by atoms with van der Waals surface area (Å²) < 4.78 is 6.01. The molecule has 0 amide bonds. The molecular weight excluding hydrogens is 266 g/mol. The van der Waals surface area contributed by atoms with Gasteiger partial charge in [0.15, 0.2) is 5.65 Å². The van der Waals surface area contributed by atoms with Crippen molar-refractivity contribution in [1.82, 2.24) is 20.2 Å². The molecule has 2 N–H and O–H groups in total. The van der Waals surface area contributed by atoms with Gasteiger partial charge < -0.3 is 10.1 Å². The minimum atomic E-state index is -0.103. The Labute approximate surface area is 122 Å². The predicted octanol–water partition coefficient (Wildman–Crippen LogP) is 2.92. The van der Waals surface area contributed by atoms with E-state index in [1.54, 1.807) is 6.20 Å². The molecule has 1 unspecified atom stereocenters. The third kappa shape index (κ3) is 2.79. The van der Waals surface area contributed by atoms with Gasteiger partial charge in [-0.25, -0.2) is 0 Å². The van der Waals surface area contributed by atoms with Gasteiger partial charge in [0.25, 0.3) is 0 Å². The van der Waals surface area contributed by atoms with E-state index in [0.717, 1.165) is 17.5 Å². The molecule has 0 fully saturated rings. The zero-order valence-corrected chi connectivity index (χ0v) is 12.0. The van der Waals surface area contributed by atoms with Crippen molar-refractivity contribution in [3.63, 3.8) is 0 Å². The highest BCUT2D eigenvalue weighted by atomic mass is 16.5. The van der Waals surface area contributed by atoms with Gasteiger partial charge in [-0.15, -0.1) is 0 Å². The standard InChI is InChI=1S/C15H17N5O/c1-3-16-15-18-13-12(9-17-20-13)14(19-15)21-10(2)11-7-5-4-6-8-11/h4-10H,3H2,1-2H3,(H2,16,17,18,19,20). The topological polar surface area (TPSA) is 75.7 Å². The average Bonchev–Trinajstić information content (AvgIpc) is 2.97. The number of aromatic nitrogens is 4. The van der Waals surface area contributed by atoms with Gasteiger partial charge in [0.05, 0.1) is 6.20 Å². The van der Waals surface area contributed by atoms with Crippen LogP contribution in [0.25, 0.3) is 11.0 Å². The minimum absolute atomic E-state index is 0.103. The number of anilines is 1. The number of hydrogen-bond donors (Lipinski definition) is 2. The van der Waals surface area contributed by atoms with Crippen molar-refractivity contribution in [2.24, 2.45) is 0 Å². The van der Waals surface area contributed by atoms with Crippen LogP contribution < -0.4 is 10.1 Å². The first kappa shape index (κ1) is 13.4. The summed E-state index contributed by atoms with van der Waals surface area (Å²) in [6.07, 6.45) is 1.58. The van der Waals surface area contributed by atoms with Crippen molar-refractivity contribution < 1.29 is 4.74 Å². The van der Waals surface area contributed by atoms with Crippen LogP contribution in [0.4, 0.5) is 5.95 Å². The van der Waals surface area contributed by atoms with Gasteiger partial charge in [-0.1, -0.05) is 30.3 Å². The van der Waals surface area contributed by atoms with Crippen LogP contribution in [-0.2, 0) is 0 Å². The van der Waals surface area contributed by atoms with Crippen molar-refractivity contribution in [2.45, 2.75) is 20.0 Å². The molecule has 2 aromatic heterocycles. The average molecular weight is 283 g/mol. The van der Waals surface area contributed by atoms with Crippen LogP contribution in [-0.4, -0.2) is 26.7 Å². The van der Waals surface area contributed by atoms with Crippen LogP contribution in [0.2, 0.25) is 0 Å². The van der Waals surface area contributed by atoms with Crippen LogP contribution in [0.15, 0.2) is 36.5 Å². The van der Waals surface area contributed by atoms with Gasteiger partial charge in [-0.2, -0.15) is 15.1 Å². The lowest BCUT2D eigenvalue weighted by Gasteiger charge is -2.15. The summed E-state index contributed by atoms with van der Waals surface area (Å²) in [5.41, 5.74) is 1.76. The number of H-pyrrole nitrogens is 1. The van der Waals surface area contributed by atoms with Crippen molar-refractivity contribution in [1.29, 1.82) is 0 Å². The third-order valence-corrected chi connectivity index (χ3v) is 3.17. The number of nitrogens with one attached hydrogen (secondary N) is 2. The highest BCUT2D eigenvalue weighted by molar-refractivity contribution is 5.80. The maximum Gasteiger partial charge on any atom is 0.230 e. The third-order valence-electron chi connectivity index (χ3n) is 3.17. The molecule has 21 heavy (non-hydrogen) atoms. The molecule has 108 valence electrons. The van der Waals surface area contributed by atoms with E-state index in [1.807, 2.05) is 44.2 Å². The molecule has 0 saturated carbocycles. The summed E-state index contributed by atoms with van der Waals surface area (Å²) in [5.74, 6) is 1.06. The molecule has 1 aromatic carbocycles. The number of benzene rings is 1. The lowest BCUT2D eigenvalue weighted by Crippen LogP contribution is -2.08. The van der Waals surface area contributed by atoms with Gasteiger partial charge in [-0.05, 0) is 19.4 Å². The van der Waals surface area contributed by atoms with E-state index in [2.05, 4.69) is 25.5 Å². The van der Waals surface area contributed by atoms with Crippen molar-refractivity contribution in [2.75, 3.05) is 11.9 Å². The second-order valence-corrected chi connectivity index (χ2v) is 4.69. The summed E-state index contributed by atoms with van der Waals surface area (Å²) in [4.78, 5) is 8.77. The second-order valence-electron chi connectivity index (χ2n) is 4.69. The number of hydrogen-bond acceptors (Lipinski definition) is 5. The molecule has 6 nitrogen and oxygen atoms in total. The van der Waals surface area contributed by atoms with Gasteiger partial charge >= 0.3 is 0 Å². The molecule has 0 bridgehead atoms. The number of nitrogens with zero attached hydrogens (tertiary/aromatic N) is 3. The first-order chi connectivity index (χ1) is 10.3. The predicted molar refractivity (Wildman–Crippen MR) is 81.3 cm³/mol. The lowest BCUT2D eigenvalue weighted by atomic mass is 10.1. The molecule has 6 heteroatoms. The Kier molecular flexibility index (Phi) is 3.68. The molecule has 0 radical (unpaired) electrons. The normalized spacial score (nSPS) is 12.3. The molecule has 0 spiro atoms. The Morgan fingerprint density at radius 3 is 2.81 bits per heavy atom. The van der Waals surface area contributed by atoms with Crippen molar-refractivity contribution in [3.05, 3.63) is 42.1 Å². The zero-order chi connectivity index (χ0) is 14.7. The van der Waals surface area contributed by atoms with Crippen LogP contribution in [0.1, 0.15) is 25.5 Å². The molecule has 0 saturated heterocycles. The molecular formula is C15H17N5O. The van der Waals surface area contributed by atoms with Gasteiger partial charge in [-0.3, -0.25) is 5.10 Å². The Morgan fingerprint density at radius 1 is 1.24 bits per heavy atom. The van der Waals surface area contributed by atoms with E-state index in [1.165, 1.54) is 0 Å². The van der Waals surface area contributed by atoms with Gasteiger partial charge in [0, 0.05) is 6.54 Å². The molecule has 3 aromatic rings. The quantitative estimate of drug-likeness (QED) is 0.753.